The molecule has 0 fully saturated rings. The minimum atomic E-state index is -0.371. The molecule has 0 aliphatic carbocycles. The number of amides is 1. The second-order valence-corrected chi connectivity index (χ2v) is 4.75. The van der Waals surface area contributed by atoms with Gasteiger partial charge in [0.15, 0.2) is 6.61 Å². The van der Waals surface area contributed by atoms with Crippen LogP contribution in [0.2, 0.25) is 5.02 Å². The Kier molecular flexibility index (Phi) is 4.48. The second-order valence-electron chi connectivity index (χ2n) is 4.31. The van der Waals surface area contributed by atoms with Crippen molar-refractivity contribution in [3.05, 3.63) is 53.1 Å². The molecule has 0 saturated heterocycles. The Morgan fingerprint density at radius 2 is 2.10 bits per heavy atom. The van der Waals surface area contributed by atoms with Gasteiger partial charge >= 0.3 is 0 Å². The monoisotopic (exact) mass is 291 g/mol. The van der Waals surface area contributed by atoms with Crippen molar-refractivity contribution >= 4 is 23.2 Å². The third kappa shape index (κ3) is 3.90. The predicted molar refractivity (Wildman–Crippen MR) is 78.4 cm³/mol. The number of rotatable bonds is 4. The SMILES string of the molecule is Cc1cccc(OCC(=O)Nc2cc(Cl)ccc2O)c1. The molecule has 0 saturated carbocycles. The van der Waals surface area contributed by atoms with E-state index in [1.54, 1.807) is 6.07 Å². The molecule has 2 aromatic rings. The topological polar surface area (TPSA) is 58.6 Å². The first-order valence-electron chi connectivity index (χ1n) is 6.02. The van der Waals surface area contributed by atoms with Crippen molar-refractivity contribution in [1.82, 2.24) is 0 Å². The Hall–Kier alpha value is -2.20. The Labute approximate surface area is 122 Å². The quantitative estimate of drug-likeness (QED) is 0.849. The number of hydrogen-bond donors (Lipinski definition) is 2. The maximum Gasteiger partial charge on any atom is 0.262 e. The highest BCUT2D eigenvalue weighted by Gasteiger charge is 2.08. The summed E-state index contributed by atoms with van der Waals surface area (Å²) >= 11 is 5.80. The van der Waals surface area contributed by atoms with Gasteiger partial charge in [0.25, 0.3) is 5.91 Å². The van der Waals surface area contributed by atoms with E-state index in [0.717, 1.165) is 5.56 Å². The van der Waals surface area contributed by atoms with E-state index in [1.165, 1.54) is 18.2 Å². The van der Waals surface area contributed by atoms with Gasteiger partial charge in [-0.2, -0.15) is 0 Å². The molecular weight excluding hydrogens is 278 g/mol. The zero-order valence-electron chi connectivity index (χ0n) is 10.9. The third-order valence-corrected chi connectivity index (χ3v) is 2.83. The van der Waals surface area contributed by atoms with Crippen molar-refractivity contribution in [2.24, 2.45) is 0 Å². The van der Waals surface area contributed by atoms with E-state index < -0.39 is 0 Å². The molecule has 0 atom stereocenters. The fourth-order valence-electron chi connectivity index (χ4n) is 1.65. The highest BCUT2D eigenvalue weighted by Crippen LogP contribution is 2.26. The zero-order chi connectivity index (χ0) is 14.5. The number of carbonyl (C=O) groups is 1. The number of carbonyl (C=O) groups excluding carboxylic acids is 1. The van der Waals surface area contributed by atoms with Crippen molar-refractivity contribution in [1.29, 1.82) is 0 Å². The summed E-state index contributed by atoms with van der Waals surface area (Å²) in [5.74, 6) is 0.206. The van der Waals surface area contributed by atoms with Crippen LogP contribution in [0.4, 0.5) is 5.69 Å². The van der Waals surface area contributed by atoms with Crippen molar-refractivity contribution in [3.63, 3.8) is 0 Å². The number of halogens is 1. The van der Waals surface area contributed by atoms with Crippen LogP contribution in [-0.2, 0) is 4.79 Å². The number of anilines is 1. The summed E-state index contributed by atoms with van der Waals surface area (Å²) in [7, 11) is 0. The van der Waals surface area contributed by atoms with Gasteiger partial charge in [-0.05, 0) is 42.8 Å². The molecule has 2 aromatic carbocycles. The number of aryl methyl sites for hydroxylation is 1. The van der Waals surface area contributed by atoms with Crippen LogP contribution in [0.15, 0.2) is 42.5 Å². The first-order valence-corrected chi connectivity index (χ1v) is 6.40. The van der Waals surface area contributed by atoms with Crippen molar-refractivity contribution in [2.45, 2.75) is 6.92 Å². The van der Waals surface area contributed by atoms with Crippen molar-refractivity contribution in [3.8, 4) is 11.5 Å². The molecule has 0 aliphatic rings. The summed E-state index contributed by atoms with van der Waals surface area (Å²) in [5, 5.41) is 12.6. The van der Waals surface area contributed by atoms with E-state index in [9.17, 15) is 9.90 Å². The maximum absolute atomic E-state index is 11.7. The van der Waals surface area contributed by atoms with Crippen LogP contribution in [-0.4, -0.2) is 17.6 Å². The standard InChI is InChI=1S/C15H14ClNO3/c1-10-3-2-4-12(7-10)20-9-15(19)17-13-8-11(16)5-6-14(13)18/h2-8,18H,9H2,1H3,(H,17,19). The van der Waals surface area contributed by atoms with Crippen LogP contribution in [0.5, 0.6) is 11.5 Å². The summed E-state index contributed by atoms with van der Waals surface area (Å²) in [5.41, 5.74) is 1.31. The molecule has 104 valence electrons. The summed E-state index contributed by atoms with van der Waals surface area (Å²) < 4.78 is 5.36. The molecule has 0 radical (unpaired) electrons. The van der Waals surface area contributed by atoms with Gasteiger partial charge in [0.05, 0.1) is 5.69 Å². The molecule has 5 heteroatoms. The van der Waals surface area contributed by atoms with Crippen LogP contribution in [0.25, 0.3) is 0 Å². The Morgan fingerprint density at radius 1 is 1.30 bits per heavy atom. The lowest BCUT2D eigenvalue weighted by atomic mass is 10.2. The smallest absolute Gasteiger partial charge is 0.262 e. The lowest BCUT2D eigenvalue weighted by Gasteiger charge is -2.09. The van der Waals surface area contributed by atoms with Gasteiger partial charge in [-0.15, -0.1) is 0 Å². The van der Waals surface area contributed by atoms with Gasteiger partial charge in [-0.25, -0.2) is 0 Å². The molecule has 0 heterocycles. The molecule has 0 spiro atoms. The van der Waals surface area contributed by atoms with Crippen LogP contribution in [0.1, 0.15) is 5.56 Å². The number of phenolic OH excluding ortho intramolecular Hbond substituents is 1. The van der Waals surface area contributed by atoms with Gasteiger partial charge in [0.2, 0.25) is 0 Å². The van der Waals surface area contributed by atoms with E-state index in [1.807, 2.05) is 25.1 Å². The predicted octanol–water partition coefficient (Wildman–Crippen LogP) is 3.37. The number of ether oxygens (including phenoxy) is 1. The fourth-order valence-corrected chi connectivity index (χ4v) is 1.82. The van der Waals surface area contributed by atoms with Crippen molar-refractivity contribution in [2.75, 3.05) is 11.9 Å². The van der Waals surface area contributed by atoms with Gasteiger partial charge in [-0.3, -0.25) is 4.79 Å². The highest BCUT2D eigenvalue weighted by molar-refractivity contribution is 6.31. The van der Waals surface area contributed by atoms with E-state index in [0.29, 0.717) is 10.8 Å². The van der Waals surface area contributed by atoms with E-state index >= 15 is 0 Å². The molecule has 1 amide bonds. The van der Waals surface area contributed by atoms with Crippen LogP contribution < -0.4 is 10.1 Å². The average Bonchev–Trinajstić information content (AvgIpc) is 2.41. The lowest BCUT2D eigenvalue weighted by Crippen LogP contribution is -2.20. The molecule has 0 aromatic heterocycles. The van der Waals surface area contributed by atoms with E-state index in [4.69, 9.17) is 16.3 Å². The maximum atomic E-state index is 11.7. The van der Waals surface area contributed by atoms with Crippen LogP contribution in [0, 0.1) is 6.92 Å². The number of phenols is 1. The molecule has 20 heavy (non-hydrogen) atoms. The minimum absolute atomic E-state index is 0.0432. The Balaban J connectivity index is 1.94. The van der Waals surface area contributed by atoms with Crippen LogP contribution in [0.3, 0.4) is 0 Å². The van der Waals surface area contributed by atoms with Gasteiger partial charge in [0.1, 0.15) is 11.5 Å². The normalized spacial score (nSPS) is 10.1. The molecule has 2 N–H and O–H groups in total. The minimum Gasteiger partial charge on any atom is -0.506 e. The summed E-state index contributed by atoms with van der Waals surface area (Å²) in [6.07, 6.45) is 0. The highest BCUT2D eigenvalue weighted by atomic mass is 35.5. The number of benzene rings is 2. The van der Waals surface area contributed by atoms with Gasteiger partial charge in [0, 0.05) is 5.02 Å². The summed E-state index contributed by atoms with van der Waals surface area (Å²) in [6.45, 7) is 1.80. The fraction of sp³-hybridized carbons (Fsp3) is 0.133. The molecular formula is C15H14ClNO3. The van der Waals surface area contributed by atoms with E-state index in [2.05, 4.69) is 5.32 Å². The van der Waals surface area contributed by atoms with Crippen molar-refractivity contribution < 1.29 is 14.6 Å². The molecule has 0 unspecified atom stereocenters. The number of hydrogen-bond acceptors (Lipinski definition) is 3. The average molecular weight is 292 g/mol. The Bertz CT molecular complexity index is 628. The zero-order valence-corrected chi connectivity index (χ0v) is 11.6. The largest absolute Gasteiger partial charge is 0.506 e. The molecule has 0 aliphatic heterocycles. The first-order chi connectivity index (χ1) is 9.54. The first kappa shape index (κ1) is 14.2. The third-order valence-electron chi connectivity index (χ3n) is 2.59. The molecule has 4 nitrogen and oxygen atoms in total. The van der Waals surface area contributed by atoms with E-state index in [-0.39, 0.29) is 24.0 Å². The number of aromatic hydroxyl groups is 1. The molecule has 2 rings (SSSR count). The summed E-state index contributed by atoms with van der Waals surface area (Å²) in [4.78, 5) is 11.7. The number of nitrogens with one attached hydrogen (secondary N) is 1. The van der Waals surface area contributed by atoms with Crippen LogP contribution >= 0.6 is 11.6 Å². The summed E-state index contributed by atoms with van der Waals surface area (Å²) in [6, 6.07) is 11.8. The lowest BCUT2D eigenvalue weighted by molar-refractivity contribution is -0.118. The second kappa shape index (κ2) is 6.30. The van der Waals surface area contributed by atoms with Gasteiger partial charge in [-0.1, -0.05) is 23.7 Å². The molecule has 0 bridgehead atoms. The Morgan fingerprint density at radius 3 is 2.85 bits per heavy atom. The van der Waals surface area contributed by atoms with Gasteiger partial charge < -0.3 is 15.2 Å².